The number of hydrogen-bond acceptors (Lipinski definition) is 7. The van der Waals surface area contributed by atoms with Crippen LogP contribution >= 0.6 is 11.5 Å². The monoisotopic (exact) mass is 424 g/mol. The molecule has 9 nitrogen and oxygen atoms in total. The van der Waals surface area contributed by atoms with E-state index >= 15 is 0 Å². The van der Waals surface area contributed by atoms with Gasteiger partial charge in [-0.25, -0.2) is 9.97 Å². The highest BCUT2D eigenvalue weighted by molar-refractivity contribution is 7.05. The molecule has 4 rings (SSSR count). The van der Waals surface area contributed by atoms with Crippen molar-refractivity contribution in [3.8, 4) is 5.69 Å². The standard InChI is InChI=1S/C20H24N8OS/c1-13-9-16(30-26-13)10-18-24-17-5-8-28(15-11-23-27(3)12-15)19(17)20(25-18)22-7-4-6-21-14(2)29/h5,8-9,11-12H,4,6-7,10H2,1-3H3,(H,21,29)(H,22,24,25). The lowest BCUT2D eigenvalue weighted by molar-refractivity contribution is -0.118. The molecule has 0 radical (unpaired) electrons. The zero-order valence-corrected chi connectivity index (χ0v) is 18.0. The minimum absolute atomic E-state index is 0.0213. The van der Waals surface area contributed by atoms with Crippen LogP contribution in [0.3, 0.4) is 0 Å². The fraction of sp³-hybridized carbons (Fsp3) is 0.350. The molecule has 0 unspecified atom stereocenters. The molecule has 0 atom stereocenters. The van der Waals surface area contributed by atoms with E-state index in [9.17, 15) is 4.79 Å². The Morgan fingerprint density at radius 3 is 2.83 bits per heavy atom. The van der Waals surface area contributed by atoms with E-state index in [2.05, 4.69) is 26.2 Å². The number of carbonyl (C=O) groups is 1. The number of hydrogen-bond donors (Lipinski definition) is 2. The van der Waals surface area contributed by atoms with Crippen molar-refractivity contribution in [2.75, 3.05) is 18.4 Å². The summed E-state index contributed by atoms with van der Waals surface area (Å²) in [4.78, 5) is 21.8. The van der Waals surface area contributed by atoms with Gasteiger partial charge in [0.2, 0.25) is 5.91 Å². The van der Waals surface area contributed by atoms with Crippen LogP contribution < -0.4 is 10.6 Å². The van der Waals surface area contributed by atoms with Crippen LogP contribution in [0.5, 0.6) is 0 Å². The predicted molar refractivity (Wildman–Crippen MR) is 117 cm³/mol. The summed E-state index contributed by atoms with van der Waals surface area (Å²) in [7, 11) is 1.89. The summed E-state index contributed by atoms with van der Waals surface area (Å²) >= 11 is 1.48. The number of rotatable bonds is 8. The summed E-state index contributed by atoms with van der Waals surface area (Å²) in [5.74, 6) is 1.50. The summed E-state index contributed by atoms with van der Waals surface area (Å²) in [6, 6.07) is 4.06. The molecule has 10 heteroatoms. The smallest absolute Gasteiger partial charge is 0.216 e. The molecule has 0 aliphatic carbocycles. The lowest BCUT2D eigenvalue weighted by Gasteiger charge is -2.11. The van der Waals surface area contributed by atoms with E-state index in [1.807, 2.05) is 43.2 Å². The largest absolute Gasteiger partial charge is 0.368 e. The van der Waals surface area contributed by atoms with Crippen molar-refractivity contribution >= 4 is 34.3 Å². The molecule has 0 spiro atoms. The van der Waals surface area contributed by atoms with Gasteiger partial charge in [0, 0.05) is 50.8 Å². The van der Waals surface area contributed by atoms with Crippen molar-refractivity contribution in [2.45, 2.75) is 26.7 Å². The van der Waals surface area contributed by atoms with E-state index in [1.165, 1.54) is 18.5 Å². The Kier molecular flexibility index (Phi) is 5.75. The summed E-state index contributed by atoms with van der Waals surface area (Å²) in [5.41, 5.74) is 3.74. The van der Waals surface area contributed by atoms with E-state index < -0.39 is 0 Å². The van der Waals surface area contributed by atoms with Gasteiger partial charge in [0.05, 0.1) is 23.1 Å². The van der Waals surface area contributed by atoms with Gasteiger partial charge in [0.15, 0.2) is 5.82 Å². The minimum Gasteiger partial charge on any atom is -0.368 e. The lowest BCUT2D eigenvalue weighted by Crippen LogP contribution is -2.23. The highest BCUT2D eigenvalue weighted by Gasteiger charge is 2.15. The van der Waals surface area contributed by atoms with Gasteiger partial charge in [-0.05, 0) is 37.0 Å². The minimum atomic E-state index is -0.0213. The topological polar surface area (TPSA) is 103 Å². The Morgan fingerprint density at radius 2 is 2.13 bits per heavy atom. The molecule has 4 heterocycles. The SMILES string of the molecule is CC(=O)NCCCNc1nc(Cc2cc(C)ns2)nc2ccn(-c3cnn(C)c3)c12. The highest BCUT2D eigenvalue weighted by Crippen LogP contribution is 2.26. The average Bonchev–Trinajstić information content (AvgIpc) is 3.41. The van der Waals surface area contributed by atoms with Gasteiger partial charge in [0.25, 0.3) is 0 Å². The number of fused-ring (bicyclic) bond motifs is 1. The maximum atomic E-state index is 11.1. The quantitative estimate of drug-likeness (QED) is 0.421. The molecule has 2 N–H and O–H groups in total. The second-order valence-corrected chi connectivity index (χ2v) is 8.04. The normalized spacial score (nSPS) is 11.2. The maximum absolute atomic E-state index is 11.1. The average molecular weight is 425 g/mol. The van der Waals surface area contributed by atoms with Gasteiger partial charge in [-0.1, -0.05) is 0 Å². The first-order chi connectivity index (χ1) is 14.5. The molecular formula is C20H24N8OS. The first kappa shape index (κ1) is 20.0. The zero-order chi connectivity index (χ0) is 21.1. The van der Waals surface area contributed by atoms with Crippen LogP contribution in [0, 0.1) is 6.92 Å². The molecule has 0 aromatic carbocycles. The highest BCUT2D eigenvalue weighted by atomic mass is 32.1. The molecule has 0 saturated carbocycles. The van der Waals surface area contributed by atoms with Gasteiger partial charge in [-0.2, -0.15) is 9.47 Å². The van der Waals surface area contributed by atoms with Crippen LogP contribution in [0.15, 0.2) is 30.7 Å². The summed E-state index contributed by atoms with van der Waals surface area (Å²) in [5, 5.41) is 10.5. The van der Waals surface area contributed by atoms with Gasteiger partial charge >= 0.3 is 0 Å². The predicted octanol–water partition coefficient (Wildman–Crippen LogP) is 2.45. The Morgan fingerprint density at radius 1 is 1.27 bits per heavy atom. The van der Waals surface area contributed by atoms with Crippen LogP contribution in [0.1, 0.15) is 29.7 Å². The third-order valence-corrected chi connectivity index (χ3v) is 5.45. The molecule has 0 aliphatic rings. The number of amides is 1. The molecule has 156 valence electrons. The molecule has 0 bridgehead atoms. The van der Waals surface area contributed by atoms with Crippen molar-refractivity contribution in [2.24, 2.45) is 7.05 Å². The van der Waals surface area contributed by atoms with Gasteiger partial charge in [0.1, 0.15) is 11.3 Å². The zero-order valence-electron chi connectivity index (χ0n) is 17.2. The number of anilines is 1. The first-order valence-electron chi connectivity index (χ1n) is 9.77. The van der Waals surface area contributed by atoms with Crippen LogP contribution in [0.4, 0.5) is 5.82 Å². The Balaban J connectivity index is 1.65. The van der Waals surface area contributed by atoms with Crippen LogP contribution in [-0.2, 0) is 18.3 Å². The summed E-state index contributed by atoms with van der Waals surface area (Å²) < 4.78 is 8.16. The molecule has 0 aliphatic heterocycles. The second kappa shape index (κ2) is 8.62. The van der Waals surface area contributed by atoms with E-state index in [4.69, 9.17) is 9.97 Å². The molecule has 0 fully saturated rings. The summed E-state index contributed by atoms with van der Waals surface area (Å²) in [6.07, 6.45) is 7.18. The van der Waals surface area contributed by atoms with Gasteiger partial charge in [-0.3, -0.25) is 9.48 Å². The third kappa shape index (κ3) is 4.48. The number of nitrogens with one attached hydrogen (secondary N) is 2. The number of carbonyl (C=O) groups excluding carboxylic acids is 1. The van der Waals surface area contributed by atoms with Crippen molar-refractivity contribution in [3.05, 3.63) is 47.1 Å². The molecule has 1 amide bonds. The molecule has 4 aromatic heterocycles. The molecular weight excluding hydrogens is 400 g/mol. The Bertz CT molecular complexity index is 1170. The Labute approximate surface area is 178 Å². The fourth-order valence-electron chi connectivity index (χ4n) is 3.26. The first-order valence-corrected chi connectivity index (χ1v) is 10.5. The maximum Gasteiger partial charge on any atom is 0.216 e. The molecule has 0 saturated heterocycles. The van der Waals surface area contributed by atoms with E-state index in [-0.39, 0.29) is 5.91 Å². The Hall–Kier alpha value is -3.27. The van der Waals surface area contributed by atoms with Gasteiger partial charge in [-0.15, -0.1) is 0 Å². The number of nitrogens with zero attached hydrogens (tertiary/aromatic N) is 6. The van der Waals surface area contributed by atoms with Crippen LogP contribution in [-0.4, -0.2) is 47.7 Å². The van der Waals surface area contributed by atoms with Crippen LogP contribution in [0.25, 0.3) is 16.7 Å². The number of aromatic nitrogens is 6. The summed E-state index contributed by atoms with van der Waals surface area (Å²) in [6.45, 7) is 4.81. The fourth-order valence-corrected chi connectivity index (χ4v) is 3.99. The van der Waals surface area contributed by atoms with E-state index in [0.29, 0.717) is 19.5 Å². The van der Waals surface area contributed by atoms with Crippen LogP contribution in [0.2, 0.25) is 0 Å². The van der Waals surface area contributed by atoms with E-state index in [1.54, 1.807) is 4.68 Å². The lowest BCUT2D eigenvalue weighted by atomic mass is 10.3. The number of aryl methyl sites for hydroxylation is 2. The second-order valence-electron chi connectivity index (χ2n) is 7.15. The van der Waals surface area contributed by atoms with E-state index in [0.717, 1.165) is 45.4 Å². The van der Waals surface area contributed by atoms with Crippen molar-refractivity contribution < 1.29 is 4.79 Å². The molecule has 30 heavy (non-hydrogen) atoms. The van der Waals surface area contributed by atoms with Crippen molar-refractivity contribution in [3.63, 3.8) is 0 Å². The third-order valence-electron chi connectivity index (χ3n) is 4.58. The van der Waals surface area contributed by atoms with Crippen molar-refractivity contribution in [1.82, 2.24) is 34.0 Å². The van der Waals surface area contributed by atoms with Crippen molar-refractivity contribution in [1.29, 1.82) is 0 Å². The van der Waals surface area contributed by atoms with Gasteiger partial charge < -0.3 is 15.2 Å². The molecule has 4 aromatic rings.